The fourth-order valence-corrected chi connectivity index (χ4v) is 1.61. The van der Waals surface area contributed by atoms with E-state index >= 15 is 0 Å². The first kappa shape index (κ1) is 13.1. The highest BCUT2D eigenvalue weighted by Gasteiger charge is 2.33. The van der Waals surface area contributed by atoms with Crippen molar-refractivity contribution in [1.29, 1.82) is 0 Å². The molecule has 0 unspecified atom stereocenters. The number of halogens is 3. The molecule has 0 amide bonds. The lowest BCUT2D eigenvalue weighted by molar-refractivity contribution is -0.136. The highest BCUT2D eigenvalue weighted by molar-refractivity contribution is 6.08. The van der Waals surface area contributed by atoms with Gasteiger partial charge in [-0.1, -0.05) is 12.1 Å². The SMILES string of the molecule is Nc1cc(C(=O)c2ccccn2)ccc1C(F)(F)F. The van der Waals surface area contributed by atoms with Gasteiger partial charge in [0.25, 0.3) is 0 Å². The van der Waals surface area contributed by atoms with Gasteiger partial charge in [0.05, 0.1) is 5.56 Å². The average molecular weight is 266 g/mol. The highest BCUT2D eigenvalue weighted by Crippen LogP contribution is 2.33. The Kier molecular flexibility index (Phi) is 3.25. The lowest BCUT2D eigenvalue weighted by Gasteiger charge is -2.10. The van der Waals surface area contributed by atoms with Crippen LogP contribution in [0.25, 0.3) is 0 Å². The standard InChI is InChI=1S/C13H9F3N2O/c14-13(15,16)9-5-4-8(7-10(9)17)12(19)11-3-1-2-6-18-11/h1-7H,17H2. The first-order valence-electron chi connectivity index (χ1n) is 5.32. The van der Waals surface area contributed by atoms with Gasteiger partial charge in [-0.3, -0.25) is 9.78 Å². The van der Waals surface area contributed by atoms with Crippen LogP contribution in [0.15, 0.2) is 42.6 Å². The van der Waals surface area contributed by atoms with Crippen molar-refractivity contribution >= 4 is 11.5 Å². The Balaban J connectivity index is 2.38. The van der Waals surface area contributed by atoms with Crippen molar-refractivity contribution in [2.75, 3.05) is 5.73 Å². The summed E-state index contributed by atoms with van der Waals surface area (Å²) in [5.41, 5.74) is 4.13. The molecule has 0 aliphatic rings. The number of pyridine rings is 1. The van der Waals surface area contributed by atoms with Crippen LogP contribution in [-0.2, 0) is 6.18 Å². The van der Waals surface area contributed by atoms with Crippen molar-refractivity contribution in [2.45, 2.75) is 6.18 Å². The predicted molar refractivity (Wildman–Crippen MR) is 63.5 cm³/mol. The summed E-state index contributed by atoms with van der Waals surface area (Å²) in [5.74, 6) is -0.471. The number of benzene rings is 1. The van der Waals surface area contributed by atoms with E-state index < -0.39 is 23.2 Å². The molecule has 0 saturated heterocycles. The predicted octanol–water partition coefficient (Wildman–Crippen LogP) is 2.91. The zero-order valence-electron chi connectivity index (χ0n) is 9.61. The third kappa shape index (κ3) is 2.73. The van der Waals surface area contributed by atoms with Gasteiger partial charge in [-0.05, 0) is 24.3 Å². The van der Waals surface area contributed by atoms with Crippen molar-refractivity contribution in [3.05, 3.63) is 59.4 Å². The molecule has 0 atom stereocenters. The van der Waals surface area contributed by atoms with Crippen molar-refractivity contribution in [2.24, 2.45) is 0 Å². The maximum atomic E-state index is 12.5. The second-order valence-corrected chi connectivity index (χ2v) is 3.84. The van der Waals surface area contributed by atoms with E-state index in [1.54, 1.807) is 12.1 Å². The average Bonchev–Trinajstić information content (AvgIpc) is 2.37. The van der Waals surface area contributed by atoms with E-state index in [0.29, 0.717) is 0 Å². The zero-order chi connectivity index (χ0) is 14.0. The van der Waals surface area contributed by atoms with E-state index in [0.717, 1.165) is 18.2 Å². The third-order valence-corrected chi connectivity index (χ3v) is 2.52. The Morgan fingerprint density at radius 2 is 1.89 bits per heavy atom. The molecule has 0 radical (unpaired) electrons. The Morgan fingerprint density at radius 3 is 2.42 bits per heavy atom. The van der Waals surface area contributed by atoms with Gasteiger partial charge >= 0.3 is 6.18 Å². The number of nitrogens with zero attached hydrogens (tertiary/aromatic N) is 1. The molecular formula is C13H9F3N2O. The molecule has 3 nitrogen and oxygen atoms in total. The first-order chi connectivity index (χ1) is 8.89. The van der Waals surface area contributed by atoms with Crippen LogP contribution < -0.4 is 5.73 Å². The van der Waals surface area contributed by atoms with Gasteiger partial charge in [-0.25, -0.2) is 0 Å². The summed E-state index contributed by atoms with van der Waals surface area (Å²) in [6, 6.07) is 7.64. The Morgan fingerprint density at radius 1 is 1.16 bits per heavy atom. The number of carbonyl (C=O) groups excluding carboxylic acids is 1. The lowest BCUT2D eigenvalue weighted by atomic mass is 10.0. The second-order valence-electron chi connectivity index (χ2n) is 3.84. The number of rotatable bonds is 2. The highest BCUT2D eigenvalue weighted by atomic mass is 19.4. The van der Waals surface area contributed by atoms with Gasteiger partial charge < -0.3 is 5.73 Å². The van der Waals surface area contributed by atoms with Gasteiger partial charge in [-0.2, -0.15) is 13.2 Å². The summed E-state index contributed by atoms with van der Waals surface area (Å²) >= 11 is 0. The summed E-state index contributed by atoms with van der Waals surface area (Å²) in [4.78, 5) is 15.8. The Labute approximate surface area is 106 Å². The number of anilines is 1. The van der Waals surface area contributed by atoms with E-state index in [9.17, 15) is 18.0 Å². The van der Waals surface area contributed by atoms with E-state index in [2.05, 4.69) is 4.98 Å². The van der Waals surface area contributed by atoms with Crippen LogP contribution in [0.5, 0.6) is 0 Å². The molecule has 2 aromatic rings. The maximum Gasteiger partial charge on any atom is 0.418 e. The van der Waals surface area contributed by atoms with E-state index in [4.69, 9.17) is 5.73 Å². The summed E-state index contributed by atoms with van der Waals surface area (Å²) in [7, 11) is 0. The largest absolute Gasteiger partial charge is 0.418 e. The van der Waals surface area contributed by atoms with Crippen LogP contribution in [0.4, 0.5) is 18.9 Å². The summed E-state index contributed by atoms with van der Waals surface area (Å²) in [6.45, 7) is 0. The van der Waals surface area contributed by atoms with E-state index in [1.165, 1.54) is 12.3 Å². The minimum absolute atomic E-state index is 0.0733. The van der Waals surface area contributed by atoms with Crippen LogP contribution in [0, 0.1) is 0 Å². The van der Waals surface area contributed by atoms with Crippen molar-refractivity contribution in [1.82, 2.24) is 4.98 Å². The van der Waals surface area contributed by atoms with Gasteiger partial charge in [-0.15, -0.1) is 0 Å². The third-order valence-electron chi connectivity index (χ3n) is 2.52. The quantitative estimate of drug-likeness (QED) is 0.671. The number of aromatic nitrogens is 1. The molecule has 0 aliphatic heterocycles. The molecular weight excluding hydrogens is 257 g/mol. The molecule has 6 heteroatoms. The topological polar surface area (TPSA) is 56.0 Å². The molecule has 2 rings (SSSR count). The molecule has 1 aromatic heterocycles. The Bertz CT molecular complexity index is 609. The number of ketones is 1. The molecule has 0 bridgehead atoms. The molecule has 0 fully saturated rings. The molecule has 2 N–H and O–H groups in total. The molecule has 0 spiro atoms. The summed E-state index contributed by atoms with van der Waals surface area (Å²) in [5, 5.41) is 0. The van der Waals surface area contributed by atoms with Crippen LogP contribution in [-0.4, -0.2) is 10.8 Å². The zero-order valence-corrected chi connectivity index (χ0v) is 9.61. The molecule has 98 valence electrons. The molecule has 0 aliphatic carbocycles. The van der Waals surface area contributed by atoms with Crippen LogP contribution in [0.1, 0.15) is 21.6 Å². The monoisotopic (exact) mass is 266 g/mol. The van der Waals surface area contributed by atoms with Crippen LogP contribution in [0.2, 0.25) is 0 Å². The van der Waals surface area contributed by atoms with Gasteiger partial charge in [0.2, 0.25) is 5.78 Å². The molecule has 1 aromatic carbocycles. The second kappa shape index (κ2) is 4.72. The number of alkyl halides is 3. The number of hydrogen-bond donors (Lipinski definition) is 1. The Hall–Kier alpha value is -2.37. The van der Waals surface area contributed by atoms with Crippen LogP contribution >= 0.6 is 0 Å². The lowest BCUT2D eigenvalue weighted by Crippen LogP contribution is -2.11. The van der Waals surface area contributed by atoms with Gasteiger partial charge in [0.1, 0.15) is 5.69 Å². The van der Waals surface area contributed by atoms with Crippen molar-refractivity contribution in [3.63, 3.8) is 0 Å². The first-order valence-corrected chi connectivity index (χ1v) is 5.32. The van der Waals surface area contributed by atoms with Crippen molar-refractivity contribution < 1.29 is 18.0 Å². The fourth-order valence-electron chi connectivity index (χ4n) is 1.61. The minimum Gasteiger partial charge on any atom is -0.398 e. The van der Waals surface area contributed by atoms with Crippen LogP contribution in [0.3, 0.4) is 0 Å². The molecule has 1 heterocycles. The number of carbonyl (C=O) groups is 1. The maximum absolute atomic E-state index is 12.5. The fraction of sp³-hybridized carbons (Fsp3) is 0.0769. The van der Waals surface area contributed by atoms with Gasteiger partial charge in [0.15, 0.2) is 0 Å². The molecule has 0 saturated carbocycles. The number of nitrogen functional groups attached to an aromatic ring is 1. The molecule has 19 heavy (non-hydrogen) atoms. The van der Waals surface area contributed by atoms with E-state index in [1.807, 2.05) is 0 Å². The number of hydrogen-bond acceptors (Lipinski definition) is 3. The smallest absolute Gasteiger partial charge is 0.398 e. The van der Waals surface area contributed by atoms with Crippen molar-refractivity contribution in [3.8, 4) is 0 Å². The van der Waals surface area contributed by atoms with E-state index in [-0.39, 0.29) is 11.3 Å². The normalized spacial score (nSPS) is 11.3. The summed E-state index contributed by atoms with van der Waals surface area (Å²) < 4.78 is 37.6. The number of nitrogens with two attached hydrogens (primary N) is 1. The van der Waals surface area contributed by atoms with Gasteiger partial charge in [0, 0.05) is 17.4 Å². The summed E-state index contributed by atoms with van der Waals surface area (Å²) in [6.07, 6.45) is -3.10. The minimum atomic E-state index is -4.53.